The van der Waals surface area contributed by atoms with Crippen molar-refractivity contribution in [2.45, 2.75) is 18.0 Å². The van der Waals surface area contributed by atoms with Gasteiger partial charge >= 0.3 is 11.9 Å². The molecular formula is C15H17FN4O4. The van der Waals surface area contributed by atoms with Gasteiger partial charge in [0.2, 0.25) is 0 Å². The molecule has 0 aromatic heterocycles. The predicted octanol–water partition coefficient (Wildman–Crippen LogP) is 0.0535. The van der Waals surface area contributed by atoms with Crippen LogP contribution in [0.15, 0.2) is 29.3 Å². The van der Waals surface area contributed by atoms with Crippen LogP contribution in [-0.4, -0.2) is 39.7 Å². The highest BCUT2D eigenvalue weighted by Gasteiger charge is 2.74. The highest BCUT2D eigenvalue weighted by Crippen LogP contribution is 2.62. The van der Waals surface area contributed by atoms with Crippen LogP contribution < -0.4 is 16.8 Å². The number of fused-ring (bicyclic) bond motifs is 1. The third kappa shape index (κ3) is 2.56. The second kappa shape index (κ2) is 5.45. The first-order chi connectivity index (χ1) is 11.2. The molecule has 9 heteroatoms. The number of nitrogens with zero attached hydrogens (tertiary/aromatic N) is 1. The Morgan fingerprint density at radius 1 is 1.29 bits per heavy atom. The van der Waals surface area contributed by atoms with Crippen LogP contribution in [0.25, 0.3) is 0 Å². The van der Waals surface area contributed by atoms with Crippen molar-refractivity contribution in [1.29, 1.82) is 0 Å². The lowest BCUT2D eigenvalue weighted by atomic mass is 9.90. The van der Waals surface area contributed by atoms with Crippen LogP contribution in [0.5, 0.6) is 0 Å². The summed E-state index contributed by atoms with van der Waals surface area (Å²) in [4.78, 5) is 26.9. The number of aliphatic carboxylic acids is 2. The summed E-state index contributed by atoms with van der Waals surface area (Å²) in [7, 11) is 0. The summed E-state index contributed by atoms with van der Waals surface area (Å²) in [6.07, 6.45) is 0.0211. The molecule has 2 saturated carbocycles. The standard InChI is InChI=1S/C15H17FN4O4/c16-6-1-3-7(4-2-6)19-14(17)20-8-5-15(18,13(23)24)11-9(8)10(11)12(21)22/h1-4,8-11H,5,18H2,(H,21,22)(H,23,24)(H3,17,19,20)/t8-,9-,10-,11-,15-/m0/s1. The van der Waals surface area contributed by atoms with Gasteiger partial charge in [0, 0.05) is 17.5 Å². The molecule has 2 fully saturated rings. The van der Waals surface area contributed by atoms with E-state index in [4.69, 9.17) is 11.5 Å². The van der Waals surface area contributed by atoms with E-state index in [0.717, 1.165) is 0 Å². The van der Waals surface area contributed by atoms with Crippen molar-refractivity contribution >= 4 is 23.6 Å². The number of carbonyl (C=O) groups is 2. The molecule has 0 unspecified atom stereocenters. The van der Waals surface area contributed by atoms with Crippen molar-refractivity contribution in [3.63, 3.8) is 0 Å². The first kappa shape index (κ1) is 16.2. The van der Waals surface area contributed by atoms with Crippen molar-refractivity contribution < 1.29 is 24.2 Å². The van der Waals surface area contributed by atoms with E-state index >= 15 is 0 Å². The summed E-state index contributed by atoms with van der Waals surface area (Å²) in [5.41, 5.74) is 10.6. The van der Waals surface area contributed by atoms with Crippen molar-refractivity contribution in [3.8, 4) is 0 Å². The second-order valence-electron chi connectivity index (χ2n) is 6.23. The van der Waals surface area contributed by atoms with Gasteiger partial charge in [-0.25, -0.2) is 9.38 Å². The molecule has 8 nitrogen and oxygen atoms in total. The topological polar surface area (TPSA) is 151 Å². The molecule has 0 saturated heterocycles. The quantitative estimate of drug-likeness (QED) is 0.385. The number of hydrogen-bond donors (Lipinski definition) is 5. The number of guanidine groups is 1. The largest absolute Gasteiger partial charge is 0.481 e. The van der Waals surface area contributed by atoms with Crippen LogP contribution in [-0.2, 0) is 9.59 Å². The van der Waals surface area contributed by atoms with Crippen molar-refractivity contribution in [1.82, 2.24) is 0 Å². The van der Waals surface area contributed by atoms with Crippen LogP contribution in [0, 0.1) is 23.6 Å². The second-order valence-corrected chi connectivity index (χ2v) is 6.23. The number of benzene rings is 1. The Labute approximate surface area is 136 Å². The number of nitrogens with two attached hydrogens (primary N) is 2. The van der Waals surface area contributed by atoms with E-state index in [-0.39, 0.29) is 12.4 Å². The summed E-state index contributed by atoms with van der Waals surface area (Å²) >= 11 is 0. The Bertz CT molecular complexity index is 723. The number of halogens is 1. The van der Waals surface area contributed by atoms with Gasteiger partial charge in [0.25, 0.3) is 0 Å². The van der Waals surface area contributed by atoms with Crippen molar-refractivity contribution in [3.05, 3.63) is 30.1 Å². The number of anilines is 1. The normalized spacial score (nSPS) is 34.5. The van der Waals surface area contributed by atoms with Crippen molar-refractivity contribution in [2.75, 3.05) is 5.32 Å². The first-order valence-electron chi connectivity index (χ1n) is 7.35. The summed E-state index contributed by atoms with van der Waals surface area (Å²) in [6, 6.07) is 4.84. The molecule has 0 spiro atoms. The van der Waals surface area contributed by atoms with E-state index in [9.17, 15) is 24.2 Å². The summed E-state index contributed by atoms with van der Waals surface area (Å²) in [6.45, 7) is 0. The zero-order chi connectivity index (χ0) is 17.6. The Morgan fingerprint density at radius 3 is 2.46 bits per heavy atom. The van der Waals surface area contributed by atoms with Gasteiger partial charge < -0.3 is 27.0 Å². The maximum atomic E-state index is 12.9. The molecular weight excluding hydrogens is 319 g/mol. The molecule has 24 heavy (non-hydrogen) atoms. The Morgan fingerprint density at radius 2 is 1.92 bits per heavy atom. The van der Waals surface area contributed by atoms with Crippen LogP contribution >= 0.6 is 0 Å². The molecule has 1 aromatic carbocycles. The molecule has 2 aliphatic rings. The van der Waals surface area contributed by atoms with E-state index in [1.807, 2.05) is 0 Å². The Hall–Kier alpha value is -2.68. The number of aliphatic imine (C=N–C) groups is 1. The molecule has 0 heterocycles. The van der Waals surface area contributed by atoms with Crippen LogP contribution in [0.4, 0.5) is 10.1 Å². The third-order valence-corrected chi connectivity index (χ3v) is 4.77. The zero-order valence-corrected chi connectivity index (χ0v) is 12.5. The summed E-state index contributed by atoms with van der Waals surface area (Å²) < 4.78 is 12.9. The molecule has 0 amide bonds. The summed E-state index contributed by atoms with van der Waals surface area (Å²) in [5, 5.41) is 21.3. The molecule has 7 N–H and O–H groups in total. The molecule has 1 aromatic rings. The number of nitrogens with one attached hydrogen (secondary N) is 1. The van der Waals surface area contributed by atoms with Gasteiger partial charge in [0.15, 0.2) is 5.96 Å². The van der Waals surface area contributed by atoms with Gasteiger partial charge in [0.1, 0.15) is 11.4 Å². The Kier molecular flexibility index (Phi) is 3.67. The lowest BCUT2D eigenvalue weighted by molar-refractivity contribution is -0.145. The predicted molar refractivity (Wildman–Crippen MR) is 82.7 cm³/mol. The minimum absolute atomic E-state index is 0.00367. The van der Waals surface area contributed by atoms with Crippen LogP contribution in [0.2, 0.25) is 0 Å². The zero-order valence-electron chi connectivity index (χ0n) is 12.5. The molecule has 128 valence electrons. The highest BCUT2D eigenvalue weighted by atomic mass is 19.1. The maximum Gasteiger partial charge on any atom is 0.324 e. The Balaban J connectivity index is 1.78. The minimum Gasteiger partial charge on any atom is -0.481 e. The van der Waals surface area contributed by atoms with Gasteiger partial charge in [0.05, 0.1) is 12.0 Å². The van der Waals surface area contributed by atoms with Gasteiger partial charge in [-0.15, -0.1) is 0 Å². The minimum atomic E-state index is -1.61. The molecule has 5 atom stereocenters. The van der Waals surface area contributed by atoms with Gasteiger partial charge in [-0.3, -0.25) is 9.59 Å². The molecule has 3 rings (SSSR count). The number of carboxylic acid groups (broad SMARTS) is 2. The maximum absolute atomic E-state index is 12.9. The van der Waals surface area contributed by atoms with E-state index in [2.05, 4.69) is 10.3 Å². The van der Waals surface area contributed by atoms with Crippen LogP contribution in [0.3, 0.4) is 0 Å². The number of carboxylic acids is 2. The number of hydrogen-bond acceptors (Lipinski definition) is 4. The molecule has 0 aliphatic heterocycles. The van der Waals surface area contributed by atoms with Gasteiger partial charge in [-0.05, 0) is 30.7 Å². The first-order valence-corrected chi connectivity index (χ1v) is 7.35. The van der Waals surface area contributed by atoms with Crippen molar-refractivity contribution in [2.24, 2.45) is 34.2 Å². The lowest BCUT2D eigenvalue weighted by Gasteiger charge is -2.23. The van der Waals surface area contributed by atoms with Gasteiger partial charge in [-0.2, -0.15) is 0 Å². The highest BCUT2D eigenvalue weighted by molar-refractivity contribution is 5.93. The molecule has 0 bridgehead atoms. The van der Waals surface area contributed by atoms with E-state index < -0.39 is 47.1 Å². The number of rotatable bonds is 4. The van der Waals surface area contributed by atoms with E-state index in [1.54, 1.807) is 0 Å². The molecule has 2 aliphatic carbocycles. The third-order valence-electron chi connectivity index (χ3n) is 4.77. The van der Waals surface area contributed by atoms with Crippen LogP contribution in [0.1, 0.15) is 6.42 Å². The average Bonchev–Trinajstić information content (AvgIpc) is 3.18. The van der Waals surface area contributed by atoms with E-state index in [0.29, 0.717) is 5.69 Å². The molecule has 0 radical (unpaired) electrons. The fourth-order valence-electron chi connectivity index (χ4n) is 3.67. The smallest absolute Gasteiger partial charge is 0.324 e. The van der Waals surface area contributed by atoms with E-state index in [1.165, 1.54) is 24.3 Å². The fourth-order valence-corrected chi connectivity index (χ4v) is 3.67. The average molecular weight is 336 g/mol. The van der Waals surface area contributed by atoms with Gasteiger partial charge in [-0.1, -0.05) is 0 Å². The lowest BCUT2D eigenvalue weighted by Crippen LogP contribution is -2.50. The fraction of sp³-hybridized carbons (Fsp3) is 0.400. The monoisotopic (exact) mass is 336 g/mol. The summed E-state index contributed by atoms with van der Waals surface area (Å²) in [5.74, 6) is -4.64. The SMILES string of the molecule is NC(=N[C@H]1C[C@@](N)(C(=O)O)[C@@H]2[C@@H](C(=O)O)[C@@H]21)Nc1ccc(F)cc1.